The Morgan fingerprint density at radius 2 is 1.97 bits per heavy atom. The molecule has 1 saturated heterocycles. The van der Waals surface area contributed by atoms with Crippen molar-refractivity contribution in [2.45, 2.75) is 42.3 Å². The van der Waals surface area contributed by atoms with Crippen LogP contribution < -0.4 is 4.74 Å². The number of allylic oxidation sites excluding steroid dienone is 1. The molecule has 7 heteroatoms. The Morgan fingerprint density at radius 1 is 1.21 bits per heavy atom. The van der Waals surface area contributed by atoms with Crippen molar-refractivity contribution in [3.8, 4) is 5.75 Å². The maximum atomic E-state index is 14.8. The third-order valence-corrected chi connectivity index (χ3v) is 7.89. The molecule has 2 fully saturated rings. The molecule has 5 nitrogen and oxygen atoms in total. The normalized spacial score (nSPS) is 28.8. The molecule has 5 atom stereocenters. The van der Waals surface area contributed by atoms with Crippen molar-refractivity contribution in [2.75, 3.05) is 13.2 Å². The average molecular weight is 473 g/mol. The summed E-state index contributed by atoms with van der Waals surface area (Å²) in [6.45, 7) is 0.903. The lowest BCUT2D eigenvalue weighted by Crippen LogP contribution is -2.54. The van der Waals surface area contributed by atoms with Gasteiger partial charge in [-0.2, -0.15) is 0 Å². The minimum atomic E-state index is -1.32. The van der Waals surface area contributed by atoms with E-state index in [1.54, 1.807) is 6.07 Å². The number of carboxylic acid groups (broad SMARTS) is 1. The van der Waals surface area contributed by atoms with Gasteiger partial charge in [0, 0.05) is 17.7 Å². The predicted molar refractivity (Wildman–Crippen MR) is 121 cm³/mol. The molecule has 2 aliphatic heterocycles. The van der Waals surface area contributed by atoms with Crippen LogP contribution in [0.15, 0.2) is 54.6 Å². The second-order valence-corrected chi connectivity index (χ2v) is 9.81. The zero-order valence-electron chi connectivity index (χ0n) is 18.0. The SMILES string of the molecule is O=C(O)c1ccc2c(c1F)O[C@H]1C[C@@H](Cl)[C@H](/C=C/C(O)C3(c4ccccc4)COC3)[C@H]1CC2. The number of aliphatic hydroxyl groups excluding tert-OH is 1. The van der Waals surface area contributed by atoms with Crippen molar-refractivity contribution >= 4 is 17.6 Å². The first-order valence-electron chi connectivity index (χ1n) is 11.3. The van der Waals surface area contributed by atoms with Crippen LogP contribution in [0.3, 0.4) is 0 Å². The summed E-state index contributed by atoms with van der Waals surface area (Å²) in [4.78, 5) is 11.3. The van der Waals surface area contributed by atoms with Crippen molar-refractivity contribution in [1.82, 2.24) is 0 Å². The average Bonchev–Trinajstić information content (AvgIpc) is 2.93. The topological polar surface area (TPSA) is 76.0 Å². The maximum absolute atomic E-state index is 14.8. The summed E-state index contributed by atoms with van der Waals surface area (Å²) in [5.74, 6) is -2.11. The van der Waals surface area contributed by atoms with Gasteiger partial charge in [-0.1, -0.05) is 48.6 Å². The van der Waals surface area contributed by atoms with Crippen LogP contribution >= 0.6 is 11.6 Å². The van der Waals surface area contributed by atoms with E-state index in [0.29, 0.717) is 31.6 Å². The summed E-state index contributed by atoms with van der Waals surface area (Å²) in [6.07, 6.45) is 4.61. The molecule has 0 radical (unpaired) electrons. The summed E-state index contributed by atoms with van der Waals surface area (Å²) in [7, 11) is 0. The number of carbonyl (C=O) groups is 1. The largest absolute Gasteiger partial charge is 0.487 e. The van der Waals surface area contributed by atoms with Gasteiger partial charge in [0.1, 0.15) is 6.10 Å². The van der Waals surface area contributed by atoms with E-state index in [1.165, 1.54) is 6.07 Å². The van der Waals surface area contributed by atoms with E-state index in [2.05, 4.69) is 0 Å². The smallest absolute Gasteiger partial charge is 0.338 e. The summed E-state index contributed by atoms with van der Waals surface area (Å²) in [5.41, 5.74) is 0.860. The number of alkyl halides is 1. The van der Waals surface area contributed by atoms with Crippen LogP contribution in [0.25, 0.3) is 0 Å². The molecule has 0 bridgehead atoms. The van der Waals surface area contributed by atoms with Crippen LogP contribution in [0.2, 0.25) is 0 Å². The van der Waals surface area contributed by atoms with E-state index in [-0.39, 0.29) is 34.6 Å². The number of halogens is 2. The lowest BCUT2D eigenvalue weighted by atomic mass is 9.73. The zero-order chi connectivity index (χ0) is 23.2. The van der Waals surface area contributed by atoms with E-state index in [4.69, 9.17) is 21.1 Å². The van der Waals surface area contributed by atoms with Gasteiger partial charge >= 0.3 is 5.97 Å². The molecule has 2 heterocycles. The second-order valence-electron chi connectivity index (χ2n) is 9.25. The fraction of sp³-hybridized carbons (Fsp3) is 0.423. The van der Waals surface area contributed by atoms with Crippen LogP contribution in [-0.2, 0) is 16.6 Å². The Balaban J connectivity index is 1.36. The summed E-state index contributed by atoms with van der Waals surface area (Å²) in [6, 6.07) is 12.8. The van der Waals surface area contributed by atoms with Crippen molar-refractivity contribution in [3.05, 3.63) is 77.1 Å². The first-order chi connectivity index (χ1) is 15.9. The van der Waals surface area contributed by atoms with Crippen molar-refractivity contribution in [1.29, 1.82) is 0 Å². The summed E-state index contributed by atoms with van der Waals surface area (Å²) >= 11 is 6.69. The molecule has 33 heavy (non-hydrogen) atoms. The lowest BCUT2D eigenvalue weighted by Gasteiger charge is -2.44. The fourth-order valence-corrected chi connectivity index (χ4v) is 5.87. The third-order valence-electron chi connectivity index (χ3n) is 7.42. The van der Waals surface area contributed by atoms with Crippen LogP contribution in [0.4, 0.5) is 4.39 Å². The van der Waals surface area contributed by atoms with E-state index in [9.17, 15) is 19.4 Å². The molecule has 1 saturated carbocycles. The van der Waals surface area contributed by atoms with Gasteiger partial charge in [0.15, 0.2) is 11.6 Å². The van der Waals surface area contributed by atoms with E-state index < -0.39 is 23.3 Å². The minimum Gasteiger partial charge on any atom is -0.487 e. The quantitative estimate of drug-likeness (QED) is 0.500. The Kier molecular flexibility index (Phi) is 5.93. The molecule has 3 aliphatic rings. The number of aliphatic hydroxyl groups is 1. The Bertz CT molecular complexity index is 1070. The number of benzene rings is 2. The monoisotopic (exact) mass is 472 g/mol. The first kappa shape index (κ1) is 22.4. The highest BCUT2D eigenvalue weighted by Crippen LogP contribution is 2.46. The number of aromatic carboxylic acids is 1. The van der Waals surface area contributed by atoms with Crippen molar-refractivity contribution in [3.63, 3.8) is 0 Å². The van der Waals surface area contributed by atoms with Crippen molar-refractivity contribution < 1.29 is 28.9 Å². The maximum Gasteiger partial charge on any atom is 0.338 e. The predicted octanol–water partition coefficient (Wildman–Crippen LogP) is 4.35. The van der Waals surface area contributed by atoms with Gasteiger partial charge in [-0.05, 0) is 36.0 Å². The van der Waals surface area contributed by atoms with Gasteiger partial charge in [0.05, 0.1) is 30.3 Å². The molecular formula is C26H26ClFO5. The number of aryl methyl sites for hydroxylation is 1. The van der Waals surface area contributed by atoms with Gasteiger partial charge in [-0.15, -0.1) is 11.6 Å². The van der Waals surface area contributed by atoms with Gasteiger partial charge in [0.25, 0.3) is 0 Å². The molecular weight excluding hydrogens is 447 g/mol. The molecule has 174 valence electrons. The number of hydrogen-bond donors (Lipinski definition) is 2. The molecule has 0 aromatic heterocycles. The number of rotatable bonds is 5. The Labute approximate surface area is 196 Å². The molecule has 5 rings (SSSR count). The molecule has 1 unspecified atom stereocenters. The first-order valence-corrected chi connectivity index (χ1v) is 11.7. The minimum absolute atomic E-state index is 0.0329. The van der Waals surface area contributed by atoms with Gasteiger partial charge < -0.3 is 19.7 Å². The number of fused-ring (bicyclic) bond motifs is 2. The van der Waals surface area contributed by atoms with Gasteiger partial charge in [0.2, 0.25) is 0 Å². The second kappa shape index (κ2) is 8.75. The standard InChI is InChI=1S/C26H26ClFO5/c27-20-12-21-18(8-6-15-7-9-19(25(30)31)23(28)24(15)33-21)17(20)10-11-22(29)26(13-32-14-26)16-4-2-1-3-5-16/h1-5,7,9-11,17-18,20-22,29H,6,8,12-14H2,(H,30,31)/b11-10+/t17-,18-,20-,21+,22?/m1/s1. The molecule has 0 spiro atoms. The number of hydrogen-bond acceptors (Lipinski definition) is 4. The van der Waals surface area contributed by atoms with Gasteiger partial charge in [-0.3, -0.25) is 0 Å². The molecule has 2 aromatic rings. The molecule has 1 aliphatic carbocycles. The zero-order valence-corrected chi connectivity index (χ0v) is 18.7. The highest BCUT2D eigenvalue weighted by Gasteiger charge is 2.47. The van der Waals surface area contributed by atoms with Crippen LogP contribution in [0.5, 0.6) is 5.75 Å². The Morgan fingerprint density at radius 3 is 2.64 bits per heavy atom. The number of ether oxygens (including phenoxy) is 2. The van der Waals surface area contributed by atoms with Crippen LogP contribution in [-0.4, -0.2) is 47.0 Å². The highest BCUT2D eigenvalue weighted by molar-refractivity contribution is 6.21. The summed E-state index contributed by atoms with van der Waals surface area (Å²) in [5, 5.41) is 20.1. The van der Waals surface area contributed by atoms with E-state index in [0.717, 1.165) is 12.0 Å². The van der Waals surface area contributed by atoms with E-state index in [1.807, 2.05) is 42.5 Å². The lowest BCUT2D eigenvalue weighted by molar-refractivity contribution is -0.106. The summed E-state index contributed by atoms with van der Waals surface area (Å²) < 4.78 is 26.3. The van der Waals surface area contributed by atoms with Crippen LogP contribution in [0.1, 0.15) is 34.3 Å². The number of carboxylic acids is 1. The Hall–Kier alpha value is -2.41. The third kappa shape index (κ3) is 3.84. The fourth-order valence-electron chi connectivity index (χ4n) is 5.42. The highest BCUT2D eigenvalue weighted by atomic mass is 35.5. The molecule has 0 amide bonds. The molecule has 2 N–H and O–H groups in total. The van der Waals surface area contributed by atoms with E-state index >= 15 is 0 Å². The van der Waals surface area contributed by atoms with Gasteiger partial charge in [-0.25, -0.2) is 9.18 Å². The van der Waals surface area contributed by atoms with Crippen LogP contribution in [0, 0.1) is 17.7 Å². The molecule has 2 aromatic carbocycles. The van der Waals surface area contributed by atoms with Crippen molar-refractivity contribution in [2.24, 2.45) is 11.8 Å².